The van der Waals surface area contributed by atoms with Gasteiger partial charge in [-0.15, -0.1) is 0 Å². The molecule has 1 fully saturated rings. The number of amides is 1. The number of likely N-dealkylation sites (tertiary alicyclic amines) is 1. The summed E-state index contributed by atoms with van der Waals surface area (Å²) in [6.07, 6.45) is 3.66. The number of aromatic nitrogens is 2. The van der Waals surface area contributed by atoms with Crippen LogP contribution < -0.4 is 10.5 Å². The minimum Gasteiger partial charge on any atom is -0.457 e. The Kier molecular flexibility index (Phi) is 5.37. The molecule has 5 rings (SSSR count). The van der Waals surface area contributed by atoms with E-state index >= 15 is 0 Å². The van der Waals surface area contributed by atoms with Crippen molar-refractivity contribution in [2.75, 3.05) is 13.1 Å². The smallest absolute Gasteiger partial charge is 0.222 e. The fourth-order valence-electron chi connectivity index (χ4n) is 4.66. The third-order valence-electron chi connectivity index (χ3n) is 6.28. The van der Waals surface area contributed by atoms with Gasteiger partial charge < -0.3 is 15.5 Å². The normalized spacial score (nSPS) is 18.8. The van der Waals surface area contributed by atoms with E-state index in [9.17, 15) is 4.79 Å². The second kappa shape index (κ2) is 8.48. The van der Waals surface area contributed by atoms with Crippen molar-refractivity contribution >= 4 is 16.9 Å². The van der Waals surface area contributed by atoms with Crippen LogP contribution in [0.25, 0.3) is 11.0 Å². The number of ether oxygens (including phenoxy) is 1. The molecule has 4 aromatic rings. The van der Waals surface area contributed by atoms with E-state index in [-0.39, 0.29) is 17.7 Å². The van der Waals surface area contributed by atoms with Gasteiger partial charge in [-0.2, -0.15) is 0 Å². The lowest BCUT2D eigenvalue weighted by Crippen LogP contribution is -2.29. The lowest BCUT2D eigenvalue weighted by molar-refractivity contribution is -0.121. The van der Waals surface area contributed by atoms with E-state index in [0.29, 0.717) is 6.54 Å². The van der Waals surface area contributed by atoms with Gasteiger partial charge in [0.2, 0.25) is 5.91 Å². The number of primary amides is 1. The summed E-state index contributed by atoms with van der Waals surface area (Å²) in [4.78, 5) is 22.0. The van der Waals surface area contributed by atoms with Gasteiger partial charge in [-0.05, 0) is 41.8 Å². The molecule has 0 bridgehead atoms. The number of nitrogens with two attached hydrogens (primary N) is 1. The molecule has 1 amide bonds. The van der Waals surface area contributed by atoms with Gasteiger partial charge in [0.05, 0.1) is 11.3 Å². The van der Waals surface area contributed by atoms with Gasteiger partial charge in [-0.25, -0.2) is 4.98 Å². The molecule has 1 aliphatic rings. The van der Waals surface area contributed by atoms with Crippen molar-refractivity contribution in [3.05, 3.63) is 89.7 Å². The summed E-state index contributed by atoms with van der Waals surface area (Å²) in [5.74, 6) is 1.15. The third kappa shape index (κ3) is 3.97. The monoisotopic (exact) mass is 426 g/mol. The van der Waals surface area contributed by atoms with Crippen LogP contribution in [0, 0.1) is 12.8 Å². The average molecular weight is 427 g/mol. The number of pyridine rings is 1. The Morgan fingerprint density at radius 1 is 1.12 bits per heavy atom. The Hall–Kier alpha value is -3.64. The predicted molar refractivity (Wildman–Crippen MR) is 124 cm³/mol. The quantitative estimate of drug-likeness (QED) is 0.480. The van der Waals surface area contributed by atoms with Crippen molar-refractivity contribution < 1.29 is 9.53 Å². The third-order valence-corrected chi connectivity index (χ3v) is 6.28. The largest absolute Gasteiger partial charge is 0.457 e. The zero-order valence-electron chi connectivity index (χ0n) is 18.0. The summed E-state index contributed by atoms with van der Waals surface area (Å²) < 4.78 is 6.16. The molecule has 0 saturated carbocycles. The number of carbonyl (C=O) groups is 1. The minimum atomic E-state index is -0.243. The maximum atomic E-state index is 12.2. The highest BCUT2D eigenvalue weighted by molar-refractivity contribution is 5.86. The number of aromatic amines is 1. The zero-order valence-corrected chi connectivity index (χ0v) is 18.0. The highest BCUT2D eigenvalue weighted by atomic mass is 16.5. The molecular weight excluding hydrogens is 400 g/mol. The lowest BCUT2D eigenvalue weighted by atomic mass is 9.88. The maximum absolute atomic E-state index is 12.2. The Morgan fingerprint density at radius 2 is 1.91 bits per heavy atom. The summed E-state index contributed by atoms with van der Waals surface area (Å²) in [6.45, 7) is 4.32. The number of hydrogen-bond donors (Lipinski definition) is 2. The highest BCUT2D eigenvalue weighted by Gasteiger charge is 2.37. The number of fused-ring (bicyclic) bond motifs is 1. The summed E-state index contributed by atoms with van der Waals surface area (Å²) in [7, 11) is 0. The minimum absolute atomic E-state index is 0.0739. The van der Waals surface area contributed by atoms with E-state index in [4.69, 9.17) is 10.5 Å². The maximum Gasteiger partial charge on any atom is 0.222 e. The van der Waals surface area contributed by atoms with Crippen LogP contribution in [-0.4, -0.2) is 33.9 Å². The molecule has 0 radical (unpaired) electrons. The molecule has 2 aromatic heterocycles. The van der Waals surface area contributed by atoms with Gasteiger partial charge in [0, 0.05) is 37.9 Å². The predicted octanol–water partition coefficient (Wildman–Crippen LogP) is 4.36. The van der Waals surface area contributed by atoms with E-state index in [0.717, 1.165) is 46.7 Å². The van der Waals surface area contributed by atoms with Crippen molar-refractivity contribution in [2.24, 2.45) is 11.7 Å². The summed E-state index contributed by atoms with van der Waals surface area (Å²) >= 11 is 0. The molecule has 32 heavy (non-hydrogen) atoms. The Balaban J connectivity index is 1.34. The molecule has 162 valence electrons. The first-order chi connectivity index (χ1) is 15.6. The fraction of sp³-hybridized carbons (Fsp3) is 0.231. The van der Waals surface area contributed by atoms with Gasteiger partial charge in [-0.1, -0.05) is 42.5 Å². The van der Waals surface area contributed by atoms with Crippen LogP contribution in [0.5, 0.6) is 11.5 Å². The Labute approximate surface area is 187 Å². The number of carbonyl (C=O) groups excluding carboxylic acids is 1. The molecular formula is C26H26N4O2. The van der Waals surface area contributed by atoms with Crippen LogP contribution in [0.3, 0.4) is 0 Å². The van der Waals surface area contributed by atoms with Crippen molar-refractivity contribution in [3.63, 3.8) is 0 Å². The lowest BCUT2D eigenvalue weighted by Gasteiger charge is -2.17. The number of nitrogens with zero attached hydrogens (tertiary/aromatic N) is 2. The van der Waals surface area contributed by atoms with Crippen LogP contribution in [0.2, 0.25) is 0 Å². The van der Waals surface area contributed by atoms with E-state index < -0.39 is 0 Å². The topological polar surface area (TPSA) is 84.2 Å². The van der Waals surface area contributed by atoms with Crippen LogP contribution in [0.1, 0.15) is 22.6 Å². The van der Waals surface area contributed by atoms with E-state index in [1.165, 1.54) is 5.56 Å². The Bertz CT molecular complexity index is 1230. The number of hydrogen-bond acceptors (Lipinski definition) is 4. The molecule has 2 aromatic carbocycles. The van der Waals surface area contributed by atoms with Gasteiger partial charge in [0.15, 0.2) is 0 Å². The van der Waals surface area contributed by atoms with Crippen LogP contribution in [0.4, 0.5) is 0 Å². The van der Waals surface area contributed by atoms with Crippen LogP contribution in [-0.2, 0) is 11.3 Å². The van der Waals surface area contributed by atoms with Crippen molar-refractivity contribution in [2.45, 2.75) is 19.4 Å². The Morgan fingerprint density at radius 3 is 2.66 bits per heavy atom. The molecule has 6 nitrogen and oxygen atoms in total. The fourth-order valence-corrected chi connectivity index (χ4v) is 4.66. The molecule has 6 heteroatoms. The van der Waals surface area contributed by atoms with Gasteiger partial charge in [0.25, 0.3) is 0 Å². The molecule has 3 N–H and O–H groups in total. The number of nitrogens with one attached hydrogen (secondary N) is 1. The SMILES string of the molecule is Cc1c[nH]c2nccc(Oc3ccc([C@H]4CN(Cc5ccccc5)C[C@@H]4C(N)=O)cc3)c12. The summed E-state index contributed by atoms with van der Waals surface area (Å²) in [5, 5.41) is 0.984. The summed E-state index contributed by atoms with van der Waals surface area (Å²) in [5.41, 5.74) is 10.0. The first-order valence-corrected chi connectivity index (χ1v) is 10.8. The molecule has 0 spiro atoms. The number of H-pyrrole nitrogens is 1. The second-order valence-electron chi connectivity index (χ2n) is 8.47. The zero-order chi connectivity index (χ0) is 22.1. The van der Waals surface area contributed by atoms with Gasteiger partial charge >= 0.3 is 0 Å². The molecule has 3 heterocycles. The van der Waals surface area contributed by atoms with Crippen molar-refractivity contribution in [1.82, 2.24) is 14.9 Å². The van der Waals surface area contributed by atoms with Crippen molar-refractivity contribution in [1.29, 1.82) is 0 Å². The highest BCUT2D eigenvalue weighted by Crippen LogP contribution is 2.36. The molecule has 2 atom stereocenters. The first-order valence-electron chi connectivity index (χ1n) is 10.8. The van der Waals surface area contributed by atoms with E-state index in [2.05, 4.69) is 27.0 Å². The van der Waals surface area contributed by atoms with E-state index in [1.54, 1.807) is 6.20 Å². The van der Waals surface area contributed by atoms with E-state index in [1.807, 2.05) is 61.7 Å². The second-order valence-corrected chi connectivity index (χ2v) is 8.47. The molecule has 1 saturated heterocycles. The number of rotatable bonds is 6. The van der Waals surface area contributed by atoms with Crippen molar-refractivity contribution in [3.8, 4) is 11.5 Å². The molecule has 1 aliphatic heterocycles. The summed E-state index contributed by atoms with van der Waals surface area (Å²) in [6, 6.07) is 20.2. The standard InChI is InChI=1S/C26H26N4O2/c1-17-13-29-26-24(17)23(11-12-28-26)32-20-9-7-19(8-10-20)21-15-30(16-22(21)25(27)31)14-18-5-3-2-4-6-18/h2-13,21-22H,14-16H2,1H3,(H2,27,31)(H,28,29)/t21-,22+/m1/s1. The average Bonchev–Trinajstić information content (AvgIpc) is 3.40. The van der Waals surface area contributed by atoms with Gasteiger partial charge in [-0.3, -0.25) is 9.69 Å². The molecule has 0 unspecified atom stereocenters. The number of aryl methyl sites for hydroxylation is 1. The van der Waals surface area contributed by atoms with Crippen LogP contribution >= 0.6 is 0 Å². The van der Waals surface area contributed by atoms with Gasteiger partial charge in [0.1, 0.15) is 17.1 Å². The first kappa shape index (κ1) is 20.3. The van der Waals surface area contributed by atoms with Crippen LogP contribution in [0.15, 0.2) is 73.1 Å². The molecule has 0 aliphatic carbocycles. The number of benzene rings is 2.